The van der Waals surface area contributed by atoms with Crippen molar-refractivity contribution in [3.05, 3.63) is 41.5 Å². The zero-order valence-electron chi connectivity index (χ0n) is 11.1. The summed E-state index contributed by atoms with van der Waals surface area (Å²) in [7, 11) is 0. The fourth-order valence-electron chi connectivity index (χ4n) is 1.62. The molecule has 19 heavy (non-hydrogen) atoms. The van der Waals surface area contributed by atoms with Crippen molar-refractivity contribution in [2.24, 2.45) is 10.7 Å². The number of aliphatic imine (C=N–C) groups is 1. The van der Waals surface area contributed by atoms with Gasteiger partial charge in [-0.25, -0.2) is 0 Å². The lowest BCUT2D eigenvalue weighted by Crippen LogP contribution is -2.23. The smallest absolute Gasteiger partial charge is 0.228 e. The maximum Gasteiger partial charge on any atom is 0.228 e. The first-order valence-corrected chi connectivity index (χ1v) is 6.06. The molecule has 6 heteroatoms. The number of nitrogens with two attached hydrogens (primary N) is 1. The lowest BCUT2D eigenvalue weighted by Gasteiger charge is -2.05. The van der Waals surface area contributed by atoms with Gasteiger partial charge in [0, 0.05) is 12.1 Å². The summed E-state index contributed by atoms with van der Waals surface area (Å²) in [6, 6.07) is 7.93. The number of nitrogens with one attached hydrogen (secondary N) is 1. The van der Waals surface area contributed by atoms with Gasteiger partial charge < -0.3 is 15.6 Å². The highest BCUT2D eigenvalue weighted by molar-refractivity contribution is 5.92. The summed E-state index contributed by atoms with van der Waals surface area (Å²) in [6.07, 6.45) is 0.580. The predicted octanol–water partition coefficient (Wildman–Crippen LogP) is 1.66. The van der Waals surface area contributed by atoms with Crippen LogP contribution in [0.25, 0.3) is 0 Å². The van der Waals surface area contributed by atoms with Crippen LogP contribution >= 0.6 is 0 Å². The van der Waals surface area contributed by atoms with Gasteiger partial charge in [0.15, 0.2) is 11.8 Å². The van der Waals surface area contributed by atoms with Gasteiger partial charge in [0.2, 0.25) is 5.89 Å². The molecule has 0 atom stereocenters. The lowest BCUT2D eigenvalue weighted by molar-refractivity contribution is 0.376. The normalized spacial score (nSPS) is 11.6. The van der Waals surface area contributed by atoms with Crippen LogP contribution in [0.1, 0.15) is 17.3 Å². The molecule has 2 aromatic rings. The quantitative estimate of drug-likeness (QED) is 0.643. The van der Waals surface area contributed by atoms with E-state index in [0.29, 0.717) is 30.6 Å². The maximum atomic E-state index is 5.80. The first kappa shape index (κ1) is 13.1. The van der Waals surface area contributed by atoms with Crippen LogP contribution < -0.4 is 11.1 Å². The van der Waals surface area contributed by atoms with Gasteiger partial charge in [-0.05, 0) is 31.5 Å². The molecule has 0 aliphatic heterocycles. The summed E-state index contributed by atoms with van der Waals surface area (Å²) >= 11 is 0. The third kappa shape index (κ3) is 4.09. The molecule has 0 amide bonds. The Morgan fingerprint density at radius 2 is 2.26 bits per heavy atom. The molecule has 0 radical (unpaired) electrons. The standard InChI is InChI=1S/C13H17N5O/c1-9-4-3-5-11(8-9)17-13(14)15-7-6-12-16-10(2)18-19-12/h3-5,8H,6-7H2,1-2H3,(H3,14,15,17). The molecule has 3 N–H and O–H groups in total. The summed E-state index contributed by atoms with van der Waals surface area (Å²) in [5.41, 5.74) is 7.89. The van der Waals surface area contributed by atoms with Crippen LogP contribution in [-0.4, -0.2) is 22.6 Å². The second-order valence-electron chi connectivity index (χ2n) is 4.25. The number of rotatable bonds is 4. The number of aryl methyl sites for hydroxylation is 2. The van der Waals surface area contributed by atoms with Crippen LogP contribution in [0, 0.1) is 13.8 Å². The van der Waals surface area contributed by atoms with Crippen LogP contribution in [0.3, 0.4) is 0 Å². The van der Waals surface area contributed by atoms with Crippen molar-refractivity contribution >= 4 is 11.6 Å². The van der Waals surface area contributed by atoms with Gasteiger partial charge in [-0.2, -0.15) is 4.98 Å². The van der Waals surface area contributed by atoms with E-state index in [-0.39, 0.29) is 0 Å². The molecule has 6 nitrogen and oxygen atoms in total. The molecule has 0 fully saturated rings. The highest BCUT2D eigenvalue weighted by atomic mass is 16.5. The molecule has 1 aromatic carbocycles. The number of nitrogens with zero attached hydrogens (tertiary/aromatic N) is 3. The highest BCUT2D eigenvalue weighted by Crippen LogP contribution is 2.08. The summed E-state index contributed by atoms with van der Waals surface area (Å²) in [5, 5.41) is 6.75. The van der Waals surface area contributed by atoms with E-state index < -0.39 is 0 Å². The van der Waals surface area contributed by atoms with Crippen LogP contribution in [0.5, 0.6) is 0 Å². The molecule has 2 rings (SSSR count). The molecular weight excluding hydrogens is 242 g/mol. The van der Waals surface area contributed by atoms with Gasteiger partial charge in [-0.1, -0.05) is 17.3 Å². The Labute approximate surface area is 111 Å². The van der Waals surface area contributed by atoms with Crippen molar-refractivity contribution in [3.63, 3.8) is 0 Å². The highest BCUT2D eigenvalue weighted by Gasteiger charge is 2.01. The Bertz CT molecular complexity index is 576. The summed E-state index contributed by atoms with van der Waals surface area (Å²) < 4.78 is 4.99. The van der Waals surface area contributed by atoms with Gasteiger partial charge in [-0.15, -0.1) is 0 Å². The van der Waals surface area contributed by atoms with Crippen LogP contribution in [-0.2, 0) is 6.42 Å². The van der Waals surface area contributed by atoms with E-state index in [9.17, 15) is 0 Å². The van der Waals surface area contributed by atoms with Gasteiger partial charge in [0.05, 0.1) is 6.54 Å². The molecule has 100 valence electrons. The Kier molecular flexibility index (Phi) is 4.12. The third-order valence-corrected chi connectivity index (χ3v) is 2.47. The van der Waals surface area contributed by atoms with Crippen molar-refractivity contribution in [2.75, 3.05) is 11.9 Å². The Hall–Kier alpha value is -2.37. The third-order valence-electron chi connectivity index (χ3n) is 2.47. The van der Waals surface area contributed by atoms with E-state index in [1.54, 1.807) is 6.92 Å². The van der Waals surface area contributed by atoms with Gasteiger partial charge in [0.1, 0.15) is 0 Å². The van der Waals surface area contributed by atoms with Crippen LogP contribution in [0.2, 0.25) is 0 Å². The number of hydrogen-bond donors (Lipinski definition) is 2. The van der Waals surface area contributed by atoms with E-state index in [1.807, 2.05) is 31.2 Å². The molecule has 0 bridgehead atoms. The average Bonchev–Trinajstić information content (AvgIpc) is 2.75. The minimum absolute atomic E-state index is 0.377. The molecule has 0 aliphatic rings. The average molecular weight is 259 g/mol. The Morgan fingerprint density at radius 1 is 1.42 bits per heavy atom. The molecule has 0 spiro atoms. The summed E-state index contributed by atoms with van der Waals surface area (Å²) in [4.78, 5) is 8.30. The van der Waals surface area contributed by atoms with Crippen LogP contribution in [0.15, 0.2) is 33.8 Å². The predicted molar refractivity (Wildman–Crippen MR) is 74.0 cm³/mol. The lowest BCUT2D eigenvalue weighted by atomic mass is 10.2. The van der Waals surface area contributed by atoms with Crippen molar-refractivity contribution < 1.29 is 4.52 Å². The van der Waals surface area contributed by atoms with Gasteiger partial charge in [-0.3, -0.25) is 4.99 Å². The maximum absolute atomic E-state index is 5.80. The number of hydrogen-bond acceptors (Lipinski definition) is 4. The fourth-order valence-corrected chi connectivity index (χ4v) is 1.62. The number of guanidine groups is 1. The second-order valence-corrected chi connectivity index (χ2v) is 4.25. The first-order valence-electron chi connectivity index (χ1n) is 6.06. The first-order chi connectivity index (χ1) is 9.13. The SMILES string of the molecule is Cc1cccc(NC(N)=NCCc2nc(C)no2)c1. The molecule has 0 saturated heterocycles. The van der Waals surface area contributed by atoms with Crippen molar-refractivity contribution in [1.29, 1.82) is 0 Å². The van der Waals surface area contributed by atoms with E-state index in [1.165, 1.54) is 5.56 Å². The summed E-state index contributed by atoms with van der Waals surface area (Å²) in [5.74, 6) is 1.58. The minimum Gasteiger partial charge on any atom is -0.370 e. The zero-order valence-corrected chi connectivity index (χ0v) is 11.1. The van der Waals surface area contributed by atoms with E-state index in [4.69, 9.17) is 10.3 Å². The summed E-state index contributed by atoms with van der Waals surface area (Å²) in [6.45, 7) is 4.31. The van der Waals surface area contributed by atoms with Crippen molar-refractivity contribution in [3.8, 4) is 0 Å². The minimum atomic E-state index is 0.377. The fraction of sp³-hybridized carbons (Fsp3) is 0.308. The monoisotopic (exact) mass is 259 g/mol. The molecule has 1 heterocycles. The van der Waals surface area contributed by atoms with Crippen LogP contribution in [0.4, 0.5) is 5.69 Å². The molecule has 0 saturated carbocycles. The van der Waals surface area contributed by atoms with Gasteiger partial charge in [0.25, 0.3) is 0 Å². The number of aromatic nitrogens is 2. The van der Waals surface area contributed by atoms with Crippen molar-refractivity contribution in [2.45, 2.75) is 20.3 Å². The molecular formula is C13H17N5O. The molecule has 0 aliphatic carbocycles. The van der Waals surface area contributed by atoms with Gasteiger partial charge >= 0.3 is 0 Å². The van der Waals surface area contributed by atoms with E-state index in [2.05, 4.69) is 20.4 Å². The molecule has 1 aromatic heterocycles. The van der Waals surface area contributed by atoms with Crippen molar-refractivity contribution in [1.82, 2.24) is 10.1 Å². The Balaban J connectivity index is 1.85. The largest absolute Gasteiger partial charge is 0.370 e. The number of benzene rings is 1. The van der Waals surface area contributed by atoms with E-state index in [0.717, 1.165) is 5.69 Å². The Morgan fingerprint density at radius 3 is 2.95 bits per heavy atom. The molecule has 0 unspecified atom stereocenters. The number of anilines is 1. The van der Waals surface area contributed by atoms with E-state index >= 15 is 0 Å². The topological polar surface area (TPSA) is 89.3 Å². The zero-order chi connectivity index (χ0) is 13.7. The second kappa shape index (κ2) is 5.99.